The lowest BCUT2D eigenvalue weighted by Gasteiger charge is -2.43. The Kier molecular flexibility index (Phi) is 4.92. The molecule has 1 amide bonds. The molecule has 1 aromatic carbocycles. The molecule has 1 aliphatic heterocycles. The van der Waals surface area contributed by atoms with E-state index < -0.39 is 27.3 Å². The third-order valence-corrected chi connectivity index (χ3v) is 7.38. The van der Waals surface area contributed by atoms with E-state index in [4.69, 9.17) is 16.9 Å². The minimum atomic E-state index is -3.91. The third-order valence-electron chi connectivity index (χ3n) is 5.64. The number of aryl methyl sites for hydroxylation is 1. The van der Waals surface area contributed by atoms with Crippen molar-refractivity contribution < 1.29 is 17.6 Å². The van der Waals surface area contributed by atoms with E-state index in [1.807, 2.05) is 0 Å². The fourth-order valence-electron chi connectivity index (χ4n) is 4.05. The first-order valence-corrected chi connectivity index (χ1v) is 11.3. The lowest BCUT2D eigenvalue weighted by molar-refractivity contribution is 0.0368. The van der Waals surface area contributed by atoms with Gasteiger partial charge in [-0.05, 0) is 56.0 Å². The molecule has 4 rings (SSSR count). The summed E-state index contributed by atoms with van der Waals surface area (Å²) in [7, 11) is -3.91. The number of likely N-dealkylation sites (tertiary alicyclic amines) is 1. The molecule has 7 nitrogen and oxygen atoms in total. The van der Waals surface area contributed by atoms with Crippen LogP contribution in [0.4, 0.5) is 4.39 Å². The number of fused-ring (bicyclic) bond motifs is 1. The van der Waals surface area contributed by atoms with Crippen LogP contribution in [-0.2, 0) is 22.9 Å². The molecule has 2 aliphatic rings. The van der Waals surface area contributed by atoms with Crippen molar-refractivity contribution in [2.24, 2.45) is 5.41 Å². The Morgan fingerprint density at radius 1 is 1.33 bits per heavy atom. The van der Waals surface area contributed by atoms with Crippen LogP contribution >= 0.6 is 11.6 Å². The fourth-order valence-corrected chi connectivity index (χ4v) is 5.53. The number of nitrogens with one attached hydrogen (secondary N) is 2. The standard InChI is InChI=1S/C20H20ClFN4O3S/c1-11-15(19(27)26-9-20(2,8-23)10-26)7-18(24-11)30(28,29)25-14-3-12-5-16(21)17(22)6-13(12)4-14/h5-7,14,24-25H,3-4,9-10H2,1-2H3. The number of aromatic nitrogens is 1. The predicted octanol–water partition coefficient (Wildman–Crippen LogP) is 2.55. The molecular formula is C20H20ClFN4O3S. The molecule has 30 heavy (non-hydrogen) atoms. The maximum Gasteiger partial charge on any atom is 0.256 e. The second kappa shape index (κ2) is 7.08. The van der Waals surface area contributed by atoms with Crippen molar-refractivity contribution in [1.82, 2.24) is 14.6 Å². The number of hydrogen-bond acceptors (Lipinski definition) is 4. The molecule has 2 heterocycles. The zero-order valence-corrected chi connectivity index (χ0v) is 18.0. The van der Waals surface area contributed by atoms with Crippen molar-refractivity contribution >= 4 is 27.5 Å². The quantitative estimate of drug-likeness (QED) is 0.746. The van der Waals surface area contributed by atoms with Crippen molar-refractivity contribution in [3.63, 3.8) is 0 Å². The summed E-state index contributed by atoms with van der Waals surface area (Å²) in [6, 6.07) is 5.92. The van der Waals surface area contributed by atoms with Crippen LogP contribution in [0, 0.1) is 29.5 Å². The zero-order valence-electron chi connectivity index (χ0n) is 16.4. The van der Waals surface area contributed by atoms with Crippen molar-refractivity contribution in [2.45, 2.75) is 37.8 Å². The number of sulfonamides is 1. The number of H-pyrrole nitrogens is 1. The number of aromatic amines is 1. The van der Waals surface area contributed by atoms with E-state index in [0.717, 1.165) is 11.1 Å². The van der Waals surface area contributed by atoms with Gasteiger partial charge in [0.05, 0.1) is 22.1 Å². The van der Waals surface area contributed by atoms with Gasteiger partial charge in [-0.2, -0.15) is 5.26 Å². The van der Waals surface area contributed by atoms with Gasteiger partial charge in [0.1, 0.15) is 10.8 Å². The average Bonchev–Trinajstić information content (AvgIpc) is 3.21. The maximum atomic E-state index is 13.7. The fraction of sp³-hybridized carbons (Fsp3) is 0.400. The SMILES string of the molecule is Cc1[nH]c(S(=O)(=O)NC2Cc3cc(F)c(Cl)cc3C2)cc1C(=O)N1CC(C)(C#N)C1. The first-order chi connectivity index (χ1) is 14.0. The summed E-state index contributed by atoms with van der Waals surface area (Å²) in [6.07, 6.45) is 0.759. The van der Waals surface area contributed by atoms with Crippen LogP contribution in [0.3, 0.4) is 0 Å². The molecule has 0 radical (unpaired) electrons. The number of nitrogens with zero attached hydrogens (tertiary/aromatic N) is 2. The zero-order chi connectivity index (χ0) is 21.8. The molecule has 0 bridgehead atoms. The average molecular weight is 451 g/mol. The van der Waals surface area contributed by atoms with Crippen molar-refractivity contribution in [1.29, 1.82) is 5.26 Å². The summed E-state index contributed by atoms with van der Waals surface area (Å²) in [4.78, 5) is 17.0. The van der Waals surface area contributed by atoms with Gasteiger partial charge in [-0.25, -0.2) is 17.5 Å². The van der Waals surface area contributed by atoms with Crippen LogP contribution in [-0.4, -0.2) is 43.3 Å². The van der Waals surface area contributed by atoms with Gasteiger partial charge in [0, 0.05) is 24.8 Å². The molecule has 1 saturated heterocycles. The van der Waals surface area contributed by atoms with Crippen LogP contribution in [0.2, 0.25) is 5.02 Å². The Hall–Kier alpha value is -2.41. The first kappa shape index (κ1) is 20.8. The lowest BCUT2D eigenvalue weighted by atomic mass is 9.83. The number of carbonyl (C=O) groups excluding carboxylic acids is 1. The van der Waals surface area contributed by atoms with E-state index in [-0.39, 0.29) is 21.5 Å². The van der Waals surface area contributed by atoms with Gasteiger partial charge in [-0.1, -0.05) is 11.6 Å². The molecule has 1 unspecified atom stereocenters. The maximum absolute atomic E-state index is 13.7. The van der Waals surface area contributed by atoms with Gasteiger partial charge in [0.15, 0.2) is 0 Å². The van der Waals surface area contributed by atoms with Crippen LogP contribution < -0.4 is 4.72 Å². The first-order valence-electron chi connectivity index (χ1n) is 9.40. The summed E-state index contributed by atoms with van der Waals surface area (Å²) in [5.74, 6) is -0.836. The minimum absolute atomic E-state index is 0.0129. The van der Waals surface area contributed by atoms with E-state index in [2.05, 4.69) is 15.8 Å². The molecule has 158 valence electrons. The molecule has 0 saturated carbocycles. The summed E-state index contributed by atoms with van der Waals surface area (Å²) < 4.78 is 42.0. The highest BCUT2D eigenvalue weighted by molar-refractivity contribution is 7.89. The van der Waals surface area contributed by atoms with Crippen LogP contribution in [0.5, 0.6) is 0 Å². The largest absolute Gasteiger partial charge is 0.348 e. The summed E-state index contributed by atoms with van der Waals surface area (Å²) in [5.41, 5.74) is 1.68. The Bertz CT molecular complexity index is 1160. The summed E-state index contributed by atoms with van der Waals surface area (Å²) in [5, 5.41) is 9.01. The number of halogens is 2. The molecule has 2 N–H and O–H groups in total. The van der Waals surface area contributed by atoms with Crippen molar-refractivity contribution in [3.8, 4) is 6.07 Å². The monoisotopic (exact) mass is 450 g/mol. The Labute approximate surface area is 178 Å². The minimum Gasteiger partial charge on any atom is -0.348 e. The highest BCUT2D eigenvalue weighted by Crippen LogP contribution is 2.31. The Balaban J connectivity index is 1.49. The number of hydrogen-bond donors (Lipinski definition) is 2. The van der Waals surface area contributed by atoms with Crippen LogP contribution in [0.15, 0.2) is 23.2 Å². The number of benzene rings is 1. The molecule has 1 aliphatic carbocycles. The van der Waals surface area contributed by atoms with Gasteiger partial charge in [-0.3, -0.25) is 4.79 Å². The lowest BCUT2D eigenvalue weighted by Crippen LogP contribution is -2.56. The van der Waals surface area contributed by atoms with Crippen molar-refractivity contribution in [3.05, 3.63) is 51.4 Å². The van der Waals surface area contributed by atoms with E-state index >= 15 is 0 Å². The van der Waals surface area contributed by atoms with Gasteiger partial charge in [0.2, 0.25) is 0 Å². The highest BCUT2D eigenvalue weighted by Gasteiger charge is 2.42. The van der Waals surface area contributed by atoms with Crippen LogP contribution in [0.1, 0.15) is 34.1 Å². The van der Waals surface area contributed by atoms with Gasteiger partial charge >= 0.3 is 0 Å². The predicted molar refractivity (Wildman–Crippen MR) is 108 cm³/mol. The summed E-state index contributed by atoms with van der Waals surface area (Å²) >= 11 is 5.82. The molecule has 1 aromatic heterocycles. The Morgan fingerprint density at radius 3 is 2.60 bits per heavy atom. The molecule has 2 aromatic rings. The molecule has 1 fully saturated rings. The number of carbonyl (C=O) groups is 1. The molecule has 0 spiro atoms. The van der Waals surface area contributed by atoms with E-state index in [1.54, 1.807) is 13.8 Å². The smallest absolute Gasteiger partial charge is 0.256 e. The Morgan fingerprint density at radius 2 is 1.97 bits per heavy atom. The van der Waals surface area contributed by atoms with Gasteiger partial charge in [0.25, 0.3) is 15.9 Å². The molecular weight excluding hydrogens is 431 g/mol. The molecule has 1 atom stereocenters. The number of rotatable bonds is 4. The van der Waals surface area contributed by atoms with Crippen LogP contribution in [0.25, 0.3) is 0 Å². The topological polar surface area (TPSA) is 106 Å². The molecule has 10 heteroatoms. The number of amides is 1. The number of nitriles is 1. The van der Waals surface area contributed by atoms with Gasteiger partial charge in [-0.15, -0.1) is 0 Å². The van der Waals surface area contributed by atoms with E-state index in [1.165, 1.54) is 23.1 Å². The van der Waals surface area contributed by atoms with Crippen molar-refractivity contribution in [2.75, 3.05) is 13.1 Å². The van der Waals surface area contributed by atoms with E-state index in [0.29, 0.717) is 31.6 Å². The third kappa shape index (κ3) is 3.60. The highest BCUT2D eigenvalue weighted by atomic mass is 35.5. The normalized spacial score (nSPS) is 19.8. The second-order valence-electron chi connectivity index (χ2n) is 8.27. The van der Waals surface area contributed by atoms with Gasteiger partial charge < -0.3 is 9.88 Å². The summed E-state index contributed by atoms with van der Waals surface area (Å²) in [6.45, 7) is 4.03. The van der Waals surface area contributed by atoms with E-state index in [9.17, 15) is 17.6 Å². The second-order valence-corrected chi connectivity index (χ2v) is 10.4.